The van der Waals surface area contributed by atoms with Crippen molar-refractivity contribution in [2.75, 3.05) is 17.6 Å². The van der Waals surface area contributed by atoms with Crippen molar-refractivity contribution >= 4 is 22.9 Å². The lowest BCUT2D eigenvalue weighted by Gasteiger charge is -2.35. The van der Waals surface area contributed by atoms with Crippen LogP contribution >= 0.6 is 0 Å². The second-order valence-corrected chi connectivity index (χ2v) is 5.06. The summed E-state index contributed by atoms with van der Waals surface area (Å²) in [6.45, 7) is 5.52. The molecule has 0 atom stereocenters. The van der Waals surface area contributed by atoms with E-state index in [0.717, 1.165) is 0 Å². The van der Waals surface area contributed by atoms with Crippen LogP contribution in [0.15, 0.2) is 17.1 Å². The Balaban J connectivity index is 2.42. The molecule has 5 nitrogen and oxygen atoms in total. The SMILES string of the molecule is CC(=N)CN=C1Nc2cc(N)cc(F)c2OC1(C)C. The average molecular weight is 264 g/mol. The molecule has 1 aliphatic heterocycles. The van der Waals surface area contributed by atoms with E-state index >= 15 is 0 Å². The van der Waals surface area contributed by atoms with Gasteiger partial charge in [0.05, 0.1) is 12.2 Å². The number of nitrogens with zero attached hydrogens (tertiary/aromatic N) is 1. The lowest BCUT2D eigenvalue weighted by molar-refractivity contribution is 0.170. The maximum atomic E-state index is 13.8. The van der Waals surface area contributed by atoms with Crippen LogP contribution in [-0.4, -0.2) is 23.7 Å². The summed E-state index contributed by atoms with van der Waals surface area (Å²) < 4.78 is 19.5. The molecule has 0 unspecified atom stereocenters. The van der Waals surface area contributed by atoms with E-state index in [0.29, 0.717) is 22.9 Å². The van der Waals surface area contributed by atoms with Crippen LogP contribution < -0.4 is 15.8 Å². The van der Waals surface area contributed by atoms with Crippen LogP contribution in [0, 0.1) is 11.2 Å². The van der Waals surface area contributed by atoms with Gasteiger partial charge in [-0.2, -0.15) is 0 Å². The largest absolute Gasteiger partial charge is 0.475 e. The van der Waals surface area contributed by atoms with Gasteiger partial charge in [0.25, 0.3) is 0 Å². The van der Waals surface area contributed by atoms with Crippen molar-refractivity contribution in [3.8, 4) is 5.75 Å². The number of hydrogen-bond acceptors (Lipinski definition) is 4. The molecule has 6 heteroatoms. The lowest BCUT2D eigenvalue weighted by atomic mass is 10.0. The fraction of sp³-hybridized carbons (Fsp3) is 0.385. The molecular formula is C13H17FN4O. The molecule has 0 radical (unpaired) electrons. The van der Waals surface area contributed by atoms with Gasteiger partial charge in [0.1, 0.15) is 5.84 Å². The third kappa shape index (κ3) is 2.67. The zero-order valence-corrected chi connectivity index (χ0v) is 11.2. The van der Waals surface area contributed by atoms with Crippen molar-refractivity contribution < 1.29 is 9.13 Å². The highest BCUT2D eigenvalue weighted by atomic mass is 19.1. The van der Waals surface area contributed by atoms with Gasteiger partial charge in [-0.1, -0.05) is 0 Å². The number of anilines is 2. The fourth-order valence-electron chi connectivity index (χ4n) is 1.82. The van der Waals surface area contributed by atoms with Gasteiger partial charge in [-0.25, -0.2) is 4.39 Å². The number of benzene rings is 1. The van der Waals surface area contributed by atoms with E-state index in [4.69, 9.17) is 15.9 Å². The molecule has 0 bridgehead atoms. The summed E-state index contributed by atoms with van der Waals surface area (Å²) in [4.78, 5) is 4.29. The van der Waals surface area contributed by atoms with Crippen molar-refractivity contribution in [3.05, 3.63) is 17.9 Å². The van der Waals surface area contributed by atoms with E-state index < -0.39 is 11.4 Å². The summed E-state index contributed by atoms with van der Waals surface area (Å²) in [6, 6.07) is 2.82. The number of aliphatic imine (C=N–C) groups is 1. The van der Waals surface area contributed by atoms with Crippen molar-refractivity contribution in [2.24, 2.45) is 4.99 Å². The summed E-state index contributed by atoms with van der Waals surface area (Å²) in [7, 11) is 0. The van der Waals surface area contributed by atoms with Gasteiger partial charge in [0, 0.05) is 17.5 Å². The molecule has 0 aliphatic carbocycles. The number of amidine groups is 1. The molecule has 0 spiro atoms. The molecular weight excluding hydrogens is 247 g/mol. The maximum absolute atomic E-state index is 13.8. The summed E-state index contributed by atoms with van der Waals surface area (Å²) >= 11 is 0. The number of halogens is 1. The van der Waals surface area contributed by atoms with E-state index in [-0.39, 0.29) is 12.3 Å². The second kappa shape index (κ2) is 4.53. The summed E-state index contributed by atoms with van der Waals surface area (Å²) in [6.07, 6.45) is 0. The lowest BCUT2D eigenvalue weighted by Crippen LogP contribution is -2.46. The third-order valence-electron chi connectivity index (χ3n) is 2.72. The number of fused-ring (bicyclic) bond motifs is 1. The van der Waals surface area contributed by atoms with Gasteiger partial charge < -0.3 is 21.2 Å². The Kier molecular flexibility index (Phi) is 3.18. The van der Waals surface area contributed by atoms with Gasteiger partial charge in [0.15, 0.2) is 17.2 Å². The first-order valence-corrected chi connectivity index (χ1v) is 5.93. The second-order valence-electron chi connectivity index (χ2n) is 5.06. The van der Waals surface area contributed by atoms with E-state index in [1.54, 1.807) is 26.8 Å². The Hall–Kier alpha value is -2.11. The molecule has 1 heterocycles. The Bertz CT molecular complexity index is 566. The van der Waals surface area contributed by atoms with Gasteiger partial charge in [0.2, 0.25) is 0 Å². The summed E-state index contributed by atoms with van der Waals surface area (Å²) in [5, 5.41) is 10.4. The zero-order chi connectivity index (χ0) is 14.2. The number of nitrogen functional groups attached to an aromatic ring is 1. The van der Waals surface area contributed by atoms with E-state index in [1.165, 1.54) is 6.07 Å². The molecule has 1 aromatic rings. The van der Waals surface area contributed by atoms with Gasteiger partial charge in [-0.05, 0) is 26.8 Å². The Morgan fingerprint density at radius 3 is 2.84 bits per heavy atom. The third-order valence-corrected chi connectivity index (χ3v) is 2.72. The number of hydrogen-bond donors (Lipinski definition) is 3. The topological polar surface area (TPSA) is 83.5 Å². The number of rotatable bonds is 2. The first-order chi connectivity index (χ1) is 8.79. The average Bonchev–Trinajstić information content (AvgIpc) is 2.27. The molecule has 0 saturated heterocycles. The molecule has 2 rings (SSSR count). The molecule has 0 amide bonds. The fourth-order valence-corrected chi connectivity index (χ4v) is 1.82. The first kappa shape index (κ1) is 13.3. The van der Waals surface area contributed by atoms with Gasteiger partial charge in [-0.3, -0.25) is 4.99 Å². The Morgan fingerprint density at radius 2 is 2.21 bits per heavy atom. The van der Waals surface area contributed by atoms with Crippen LogP contribution in [0.5, 0.6) is 5.75 Å². The zero-order valence-electron chi connectivity index (χ0n) is 11.2. The predicted octanol–water partition coefficient (Wildman–Crippen LogP) is 2.43. The molecule has 102 valence electrons. The number of nitrogens with two attached hydrogens (primary N) is 1. The highest BCUT2D eigenvalue weighted by molar-refractivity contribution is 6.05. The van der Waals surface area contributed by atoms with Crippen molar-refractivity contribution in [1.82, 2.24) is 0 Å². The van der Waals surface area contributed by atoms with Crippen LogP contribution in [0.4, 0.5) is 15.8 Å². The molecule has 4 N–H and O–H groups in total. The Labute approximate surface area is 111 Å². The first-order valence-electron chi connectivity index (χ1n) is 5.93. The minimum atomic E-state index is -0.778. The molecule has 0 saturated carbocycles. The van der Waals surface area contributed by atoms with Gasteiger partial charge >= 0.3 is 0 Å². The number of ether oxygens (including phenoxy) is 1. The minimum absolute atomic E-state index is 0.143. The van der Waals surface area contributed by atoms with Crippen LogP contribution in [0.1, 0.15) is 20.8 Å². The highest BCUT2D eigenvalue weighted by Gasteiger charge is 2.35. The van der Waals surface area contributed by atoms with E-state index in [2.05, 4.69) is 10.3 Å². The van der Waals surface area contributed by atoms with E-state index in [9.17, 15) is 4.39 Å². The molecule has 1 aromatic carbocycles. The molecule has 1 aliphatic rings. The van der Waals surface area contributed by atoms with Crippen LogP contribution in [0.25, 0.3) is 0 Å². The summed E-state index contributed by atoms with van der Waals surface area (Å²) in [5.41, 5.74) is 6.04. The van der Waals surface area contributed by atoms with Crippen molar-refractivity contribution in [1.29, 1.82) is 5.41 Å². The van der Waals surface area contributed by atoms with Crippen molar-refractivity contribution in [2.45, 2.75) is 26.4 Å². The van der Waals surface area contributed by atoms with E-state index in [1.807, 2.05) is 0 Å². The molecule has 19 heavy (non-hydrogen) atoms. The molecule has 0 fully saturated rings. The maximum Gasteiger partial charge on any atom is 0.180 e. The minimum Gasteiger partial charge on any atom is -0.475 e. The monoisotopic (exact) mass is 264 g/mol. The van der Waals surface area contributed by atoms with Crippen LogP contribution in [0.2, 0.25) is 0 Å². The molecule has 0 aromatic heterocycles. The van der Waals surface area contributed by atoms with Crippen molar-refractivity contribution in [3.63, 3.8) is 0 Å². The predicted molar refractivity (Wildman–Crippen MR) is 74.8 cm³/mol. The van der Waals surface area contributed by atoms with Crippen LogP contribution in [-0.2, 0) is 0 Å². The Morgan fingerprint density at radius 1 is 1.53 bits per heavy atom. The van der Waals surface area contributed by atoms with Crippen LogP contribution in [0.3, 0.4) is 0 Å². The normalized spacial score (nSPS) is 18.4. The highest BCUT2D eigenvalue weighted by Crippen LogP contribution is 2.37. The summed E-state index contributed by atoms with van der Waals surface area (Å²) in [5.74, 6) is 0.194. The van der Waals surface area contributed by atoms with Gasteiger partial charge in [-0.15, -0.1) is 0 Å². The quantitative estimate of drug-likeness (QED) is 0.566. The number of nitrogens with one attached hydrogen (secondary N) is 2. The standard InChI is InChI=1S/C13H17FN4O/c1-7(15)6-17-12-13(2,3)19-11-9(14)4-8(16)5-10(11)18-12/h4-5,15H,6,16H2,1-3H3,(H,17,18). The smallest absolute Gasteiger partial charge is 0.180 e.